The van der Waals surface area contributed by atoms with Crippen LogP contribution in [0, 0.1) is 0 Å². The van der Waals surface area contributed by atoms with Crippen LogP contribution in [0.5, 0.6) is 0 Å². The summed E-state index contributed by atoms with van der Waals surface area (Å²) in [5.74, 6) is -0.344. The Balaban J connectivity index is 4.00. The van der Waals surface area contributed by atoms with E-state index in [-0.39, 0.29) is 18.5 Å². The van der Waals surface area contributed by atoms with Crippen LogP contribution in [0.25, 0.3) is 0 Å². The van der Waals surface area contributed by atoms with Gasteiger partial charge >= 0.3 is 11.9 Å². The SMILES string of the molecule is CCCCCCCCCCCCCCCCCC(=O)OC(CC=C[N+](C)(C)C)COC(=O)CCCCCCCCCCCCCCC. The number of esters is 2. The lowest BCUT2D eigenvalue weighted by molar-refractivity contribution is -0.817. The molecule has 1 atom stereocenters. The Morgan fingerprint density at radius 1 is 0.489 bits per heavy atom. The summed E-state index contributed by atoms with van der Waals surface area (Å²) in [6.07, 6.45) is 41.5. The molecule has 0 saturated carbocycles. The molecule has 0 N–H and O–H groups in total. The Bertz CT molecular complexity index is 714. The molecular formula is C42H82NO4+. The topological polar surface area (TPSA) is 52.6 Å². The third-order valence-electron chi connectivity index (χ3n) is 9.15. The predicted molar refractivity (Wildman–Crippen MR) is 202 cm³/mol. The van der Waals surface area contributed by atoms with Crippen LogP contribution < -0.4 is 0 Å². The molecule has 0 fully saturated rings. The van der Waals surface area contributed by atoms with Gasteiger partial charge in [-0.2, -0.15) is 0 Å². The molecular weight excluding hydrogens is 582 g/mol. The second-order valence-corrected chi connectivity index (χ2v) is 15.2. The molecule has 0 saturated heterocycles. The van der Waals surface area contributed by atoms with Crippen LogP contribution in [0.15, 0.2) is 12.3 Å². The number of carbonyl (C=O) groups excluding carboxylic acids is 2. The molecule has 0 bridgehead atoms. The molecule has 1 unspecified atom stereocenters. The Kier molecular flexibility index (Phi) is 33.5. The molecule has 0 rings (SSSR count). The summed E-state index contributed by atoms with van der Waals surface area (Å²) >= 11 is 0. The number of hydrogen-bond acceptors (Lipinski definition) is 4. The van der Waals surface area contributed by atoms with Gasteiger partial charge in [-0.25, -0.2) is 0 Å². The zero-order valence-electron chi connectivity index (χ0n) is 32.4. The van der Waals surface area contributed by atoms with Gasteiger partial charge in [0.1, 0.15) is 12.7 Å². The lowest BCUT2D eigenvalue weighted by atomic mass is 10.0. The highest BCUT2D eigenvalue weighted by Gasteiger charge is 2.17. The lowest BCUT2D eigenvalue weighted by Gasteiger charge is -2.19. The van der Waals surface area contributed by atoms with E-state index in [0.29, 0.717) is 23.7 Å². The van der Waals surface area contributed by atoms with Crippen molar-refractivity contribution in [3.05, 3.63) is 12.3 Å². The van der Waals surface area contributed by atoms with Crippen LogP contribution in [-0.2, 0) is 19.1 Å². The first-order chi connectivity index (χ1) is 22.8. The van der Waals surface area contributed by atoms with Gasteiger partial charge in [-0.15, -0.1) is 0 Å². The number of carbonyl (C=O) groups is 2. The van der Waals surface area contributed by atoms with Crippen LogP contribution in [0.3, 0.4) is 0 Å². The van der Waals surface area contributed by atoms with Gasteiger partial charge in [-0.3, -0.25) is 9.59 Å². The normalized spacial score (nSPS) is 12.5. The second kappa shape index (κ2) is 34.5. The molecule has 5 heteroatoms. The molecule has 0 amide bonds. The van der Waals surface area contributed by atoms with E-state index < -0.39 is 6.10 Å². The maximum Gasteiger partial charge on any atom is 0.306 e. The summed E-state index contributed by atoms with van der Waals surface area (Å²) in [6.45, 7) is 4.69. The average molecular weight is 665 g/mol. The number of hydrogen-bond donors (Lipinski definition) is 0. The highest BCUT2D eigenvalue weighted by molar-refractivity contribution is 5.70. The largest absolute Gasteiger partial charge is 0.462 e. The number of ether oxygens (including phenoxy) is 2. The minimum atomic E-state index is -0.419. The van der Waals surface area contributed by atoms with Gasteiger partial charge in [0.15, 0.2) is 0 Å². The van der Waals surface area contributed by atoms with E-state index in [1.54, 1.807) is 0 Å². The first-order valence-electron chi connectivity index (χ1n) is 20.6. The van der Waals surface area contributed by atoms with Crippen molar-refractivity contribution in [2.24, 2.45) is 0 Å². The molecule has 47 heavy (non-hydrogen) atoms. The van der Waals surface area contributed by atoms with Crippen molar-refractivity contribution in [2.45, 2.75) is 219 Å². The lowest BCUT2D eigenvalue weighted by Crippen LogP contribution is -2.28. The maximum atomic E-state index is 12.6. The minimum absolute atomic E-state index is 0.142. The summed E-state index contributed by atoms with van der Waals surface area (Å²) in [5, 5.41) is 0. The zero-order valence-corrected chi connectivity index (χ0v) is 32.4. The van der Waals surface area contributed by atoms with E-state index >= 15 is 0 Å². The zero-order chi connectivity index (χ0) is 34.7. The van der Waals surface area contributed by atoms with Crippen molar-refractivity contribution >= 4 is 11.9 Å². The Morgan fingerprint density at radius 2 is 0.809 bits per heavy atom. The molecule has 5 nitrogen and oxygen atoms in total. The number of quaternary nitrogens is 1. The fourth-order valence-electron chi connectivity index (χ4n) is 6.11. The van der Waals surface area contributed by atoms with Crippen LogP contribution >= 0.6 is 0 Å². The summed E-state index contributed by atoms with van der Waals surface area (Å²) in [4.78, 5) is 25.0. The number of unbranched alkanes of at least 4 members (excludes halogenated alkanes) is 26. The van der Waals surface area contributed by atoms with Crippen molar-refractivity contribution in [2.75, 3.05) is 27.7 Å². The van der Waals surface area contributed by atoms with Crippen molar-refractivity contribution in [1.82, 2.24) is 0 Å². The third-order valence-corrected chi connectivity index (χ3v) is 9.15. The van der Waals surface area contributed by atoms with E-state index in [4.69, 9.17) is 9.47 Å². The van der Waals surface area contributed by atoms with Gasteiger partial charge in [0, 0.05) is 19.3 Å². The predicted octanol–water partition coefficient (Wildman–Crippen LogP) is 12.8. The van der Waals surface area contributed by atoms with Crippen LogP contribution in [-0.4, -0.2) is 50.3 Å². The molecule has 0 radical (unpaired) electrons. The van der Waals surface area contributed by atoms with E-state index in [1.807, 2.05) is 6.08 Å². The van der Waals surface area contributed by atoms with Crippen molar-refractivity contribution < 1.29 is 23.5 Å². The van der Waals surface area contributed by atoms with E-state index in [0.717, 1.165) is 25.7 Å². The molecule has 0 aliphatic rings. The van der Waals surface area contributed by atoms with Crippen molar-refractivity contribution in [3.8, 4) is 0 Å². The van der Waals surface area contributed by atoms with Crippen LogP contribution in [0.4, 0.5) is 0 Å². The van der Waals surface area contributed by atoms with Crippen molar-refractivity contribution in [1.29, 1.82) is 0 Å². The molecule has 0 aromatic carbocycles. The maximum absolute atomic E-state index is 12.6. The second-order valence-electron chi connectivity index (χ2n) is 15.2. The first-order valence-corrected chi connectivity index (χ1v) is 20.6. The summed E-state index contributed by atoms with van der Waals surface area (Å²) in [7, 11) is 6.26. The number of rotatable bonds is 36. The molecule has 0 aliphatic carbocycles. The summed E-state index contributed by atoms with van der Waals surface area (Å²) in [5.41, 5.74) is 0. The van der Waals surface area contributed by atoms with Crippen LogP contribution in [0.1, 0.15) is 213 Å². The molecule has 278 valence electrons. The summed E-state index contributed by atoms with van der Waals surface area (Å²) in [6, 6.07) is 0. The Labute approximate surface area is 294 Å². The number of nitrogens with zero attached hydrogens (tertiary/aromatic N) is 1. The average Bonchev–Trinajstić information content (AvgIpc) is 3.03. The fraction of sp³-hybridized carbons (Fsp3) is 0.905. The van der Waals surface area contributed by atoms with Gasteiger partial charge in [-0.1, -0.05) is 181 Å². The van der Waals surface area contributed by atoms with Crippen LogP contribution in [0.2, 0.25) is 0 Å². The monoisotopic (exact) mass is 665 g/mol. The minimum Gasteiger partial charge on any atom is -0.462 e. The van der Waals surface area contributed by atoms with Gasteiger partial charge in [-0.05, 0) is 18.9 Å². The van der Waals surface area contributed by atoms with Gasteiger partial charge in [0.25, 0.3) is 0 Å². The standard InChI is InChI=1S/C42H82NO4/c1-6-8-10-12-14-16-18-20-21-23-25-27-29-31-33-37-42(45)47-40(35-34-38-43(3,4)5)39-46-41(44)36-32-30-28-26-24-22-19-17-15-13-11-9-7-2/h34,38,40H,6-33,35-37,39H2,1-5H3/q+1. The Hall–Kier alpha value is -1.36. The summed E-state index contributed by atoms with van der Waals surface area (Å²) < 4.78 is 12.0. The third kappa shape index (κ3) is 37.3. The fourth-order valence-corrected chi connectivity index (χ4v) is 6.11. The highest BCUT2D eigenvalue weighted by Crippen LogP contribution is 2.16. The first kappa shape index (κ1) is 45.6. The van der Waals surface area contributed by atoms with Gasteiger partial charge < -0.3 is 14.0 Å². The molecule has 0 heterocycles. The molecule has 0 spiro atoms. The smallest absolute Gasteiger partial charge is 0.306 e. The van der Waals surface area contributed by atoms with Gasteiger partial charge in [0.05, 0.1) is 27.3 Å². The molecule has 0 aromatic heterocycles. The van der Waals surface area contributed by atoms with E-state index in [2.05, 4.69) is 41.2 Å². The molecule has 0 aromatic rings. The Morgan fingerprint density at radius 3 is 1.15 bits per heavy atom. The van der Waals surface area contributed by atoms with Gasteiger partial charge in [0.2, 0.25) is 0 Å². The van der Waals surface area contributed by atoms with Crippen molar-refractivity contribution in [3.63, 3.8) is 0 Å². The molecule has 0 aliphatic heterocycles. The quantitative estimate of drug-likeness (QED) is 0.0380. The van der Waals surface area contributed by atoms with E-state index in [9.17, 15) is 9.59 Å². The van der Waals surface area contributed by atoms with E-state index in [1.165, 1.54) is 154 Å². The highest BCUT2D eigenvalue weighted by atomic mass is 16.6.